The molecule has 0 unspecified atom stereocenters. The van der Waals surface area contributed by atoms with Crippen molar-refractivity contribution in [3.8, 4) is 11.5 Å². The van der Waals surface area contributed by atoms with Crippen molar-refractivity contribution in [1.29, 1.82) is 0 Å². The van der Waals surface area contributed by atoms with Crippen molar-refractivity contribution in [2.45, 2.75) is 32.2 Å². The first-order chi connectivity index (χ1) is 12.7. The molecule has 2 aromatic heterocycles. The molecule has 0 atom stereocenters. The minimum absolute atomic E-state index is 0.692. The summed E-state index contributed by atoms with van der Waals surface area (Å²) in [6, 6.07) is 5.98. The third-order valence-electron chi connectivity index (χ3n) is 4.98. The standard InChI is InChI=1S/C20H23N3O2S/c1-23(11-13-7-6-9-15(24-2)18(13)25-3)19-17-14-8-4-5-10-16(14)26-20(17)22-12-21-19/h6-7,9,12H,4-5,8,10-11H2,1-3H3. The molecule has 0 radical (unpaired) electrons. The lowest BCUT2D eigenvalue weighted by atomic mass is 9.97. The highest BCUT2D eigenvalue weighted by molar-refractivity contribution is 7.19. The van der Waals surface area contributed by atoms with Crippen molar-refractivity contribution in [1.82, 2.24) is 9.97 Å². The van der Waals surface area contributed by atoms with Gasteiger partial charge in [0.2, 0.25) is 0 Å². The number of anilines is 1. The van der Waals surface area contributed by atoms with Crippen LogP contribution in [0.4, 0.5) is 5.82 Å². The molecule has 0 aliphatic heterocycles. The fraction of sp³-hybridized carbons (Fsp3) is 0.400. The maximum absolute atomic E-state index is 5.58. The Morgan fingerprint density at radius 2 is 1.96 bits per heavy atom. The van der Waals surface area contributed by atoms with E-state index in [1.165, 1.54) is 35.1 Å². The number of nitrogens with zero attached hydrogens (tertiary/aromatic N) is 3. The zero-order chi connectivity index (χ0) is 18.1. The Morgan fingerprint density at radius 3 is 2.77 bits per heavy atom. The molecule has 0 spiro atoms. The Hall–Kier alpha value is -2.34. The van der Waals surface area contributed by atoms with Crippen molar-refractivity contribution in [3.63, 3.8) is 0 Å². The molecule has 5 nitrogen and oxygen atoms in total. The second kappa shape index (κ2) is 7.11. The molecule has 0 bridgehead atoms. The first-order valence-electron chi connectivity index (χ1n) is 8.89. The third-order valence-corrected chi connectivity index (χ3v) is 6.18. The number of aryl methyl sites for hydroxylation is 2. The Labute approximate surface area is 157 Å². The zero-order valence-corrected chi connectivity index (χ0v) is 16.2. The molecule has 0 saturated heterocycles. The van der Waals surface area contributed by atoms with Crippen LogP contribution in [0, 0.1) is 0 Å². The Kier molecular flexibility index (Phi) is 4.68. The van der Waals surface area contributed by atoms with Gasteiger partial charge < -0.3 is 14.4 Å². The summed E-state index contributed by atoms with van der Waals surface area (Å²) in [6.45, 7) is 0.692. The monoisotopic (exact) mass is 369 g/mol. The van der Waals surface area contributed by atoms with Crippen LogP contribution in [0.3, 0.4) is 0 Å². The molecule has 0 fully saturated rings. The maximum atomic E-state index is 5.58. The highest BCUT2D eigenvalue weighted by Gasteiger charge is 2.22. The van der Waals surface area contributed by atoms with Crippen molar-refractivity contribution >= 4 is 27.4 Å². The number of hydrogen-bond donors (Lipinski definition) is 0. The van der Waals surface area contributed by atoms with E-state index in [9.17, 15) is 0 Å². The second-order valence-corrected chi connectivity index (χ2v) is 7.68. The predicted octanol–water partition coefficient (Wildman–Crippen LogP) is 4.22. The second-order valence-electron chi connectivity index (χ2n) is 6.60. The van der Waals surface area contributed by atoms with Crippen LogP contribution in [0.25, 0.3) is 10.2 Å². The number of para-hydroxylation sites is 1. The molecule has 0 saturated carbocycles. The number of hydrogen-bond acceptors (Lipinski definition) is 6. The average Bonchev–Trinajstić information content (AvgIpc) is 3.06. The van der Waals surface area contributed by atoms with Gasteiger partial charge in [0.15, 0.2) is 11.5 Å². The number of benzene rings is 1. The van der Waals surface area contributed by atoms with Gasteiger partial charge in [0, 0.05) is 24.0 Å². The van der Waals surface area contributed by atoms with Gasteiger partial charge in [-0.05, 0) is 37.3 Å². The van der Waals surface area contributed by atoms with Crippen LogP contribution >= 0.6 is 11.3 Å². The molecule has 0 N–H and O–H groups in total. The van der Waals surface area contributed by atoms with E-state index in [0.717, 1.165) is 34.1 Å². The summed E-state index contributed by atoms with van der Waals surface area (Å²) in [4.78, 5) is 13.9. The third kappa shape index (κ3) is 2.88. The maximum Gasteiger partial charge on any atom is 0.165 e. The Balaban J connectivity index is 1.74. The van der Waals surface area contributed by atoms with Gasteiger partial charge in [0.1, 0.15) is 17.0 Å². The van der Waals surface area contributed by atoms with Gasteiger partial charge in [-0.3, -0.25) is 0 Å². The molecule has 1 aliphatic carbocycles. The van der Waals surface area contributed by atoms with E-state index < -0.39 is 0 Å². The molecule has 4 rings (SSSR count). The van der Waals surface area contributed by atoms with Gasteiger partial charge in [-0.25, -0.2) is 9.97 Å². The van der Waals surface area contributed by atoms with Crippen molar-refractivity contribution in [2.75, 3.05) is 26.2 Å². The van der Waals surface area contributed by atoms with E-state index in [1.54, 1.807) is 20.5 Å². The fourth-order valence-electron chi connectivity index (χ4n) is 3.77. The summed E-state index contributed by atoms with van der Waals surface area (Å²) in [7, 11) is 5.42. The fourth-order valence-corrected chi connectivity index (χ4v) is 5.00. The van der Waals surface area contributed by atoms with Gasteiger partial charge in [-0.2, -0.15) is 0 Å². The number of methoxy groups -OCH3 is 2. The lowest BCUT2D eigenvalue weighted by Gasteiger charge is -2.22. The molecule has 1 aliphatic rings. The summed E-state index contributed by atoms with van der Waals surface area (Å²) in [6.07, 6.45) is 6.51. The smallest absolute Gasteiger partial charge is 0.165 e. The average molecular weight is 369 g/mol. The van der Waals surface area contributed by atoms with Crippen LogP contribution in [0.1, 0.15) is 28.8 Å². The van der Waals surface area contributed by atoms with Crippen molar-refractivity contribution < 1.29 is 9.47 Å². The van der Waals surface area contributed by atoms with Crippen LogP contribution in [-0.4, -0.2) is 31.2 Å². The van der Waals surface area contributed by atoms with Gasteiger partial charge in [-0.1, -0.05) is 12.1 Å². The van der Waals surface area contributed by atoms with Crippen LogP contribution in [0.15, 0.2) is 24.5 Å². The normalized spacial score (nSPS) is 13.5. The number of aromatic nitrogens is 2. The highest BCUT2D eigenvalue weighted by Crippen LogP contribution is 2.40. The van der Waals surface area contributed by atoms with Crippen molar-refractivity contribution in [2.24, 2.45) is 0 Å². The Morgan fingerprint density at radius 1 is 1.12 bits per heavy atom. The molecule has 6 heteroatoms. The summed E-state index contributed by atoms with van der Waals surface area (Å²) >= 11 is 1.83. The van der Waals surface area contributed by atoms with E-state index >= 15 is 0 Å². The molecule has 136 valence electrons. The highest BCUT2D eigenvalue weighted by atomic mass is 32.1. The first-order valence-corrected chi connectivity index (χ1v) is 9.70. The lowest BCUT2D eigenvalue weighted by Crippen LogP contribution is -2.19. The van der Waals surface area contributed by atoms with Crippen LogP contribution in [-0.2, 0) is 19.4 Å². The van der Waals surface area contributed by atoms with E-state index in [1.807, 2.05) is 23.5 Å². The van der Waals surface area contributed by atoms with Crippen LogP contribution in [0.2, 0.25) is 0 Å². The Bertz CT molecular complexity index is 938. The SMILES string of the molecule is COc1cccc(CN(C)c2ncnc3sc4c(c23)CCCC4)c1OC. The van der Waals surface area contributed by atoms with E-state index in [-0.39, 0.29) is 0 Å². The van der Waals surface area contributed by atoms with E-state index in [4.69, 9.17) is 9.47 Å². The minimum Gasteiger partial charge on any atom is -0.493 e. The first kappa shape index (κ1) is 17.1. The summed E-state index contributed by atoms with van der Waals surface area (Å²) < 4.78 is 11.0. The van der Waals surface area contributed by atoms with Crippen LogP contribution in [0.5, 0.6) is 11.5 Å². The van der Waals surface area contributed by atoms with E-state index in [0.29, 0.717) is 6.54 Å². The number of fused-ring (bicyclic) bond motifs is 3. The van der Waals surface area contributed by atoms with Crippen molar-refractivity contribution in [3.05, 3.63) is 40.5 Å². The largest absolute Gasteiger partial charge is 0.493 e. The number of rotatable bonds is 5. The molecule has 1 aromatic carbocycles. The molecule has 2 heterocycles. The van der Waals surface area contributed by atoms with Gasteiger partial charge in [0.05, 0.1) is 19.6 Å². The number of thiophene rings is 1. The summed E-state index contributed by atoms with van der Waals surface area (Å²) in [5, 5.41) is 1.23. The van der Waals surface area contributed by atoms with E-state index in [2.05, 4.69) is 28.0 Å². The molecular formula is C20H23N3O2S. The quantitative estimate of drug-likeness (QED) is 0.674. The lowest BCUT2D eigenvalue weighted by molar-refractivity contribution is 0.351. The summed E-state index contributed by atoms with van der Waals surface area (Å²) in [5.41, 5.74) is 2.53. The van der Waals surface area contributed by atoms with Gasteiger partial charge in [-0.15, -0.1) is 11.3 Å². The van der Waals surface area contributed by atoms with Gasteiger partial charge in [0.25, 0.3) is 0 Å². The molecular weight excluding hydrogens is 346 g/mol. The topological polar surface area (TPSA) is 47.5 Å². The molecule has 0 amide bonds. The molecule has 3 aromatic rings. The predicted molar refractivity (Wildman–Crippen MR) is 106 cm³/mol. The van der Waals surface area contributed by atoms with Gasteiger partial charge >= 0.3 is 0 Å². The molecule has 26 heavy (non-hydrogen) atoms. The summed E-state index contributed by atoms with van der Waals surface area (Å²) in [5.74, 6) is 2.53. The van der Waals surface area contributed by atoms with Crippen LogP contribution < -0.4 is 14.4 Å². The zero-order valence-electron chi connectivity index (χ0n) is 15.4. The number of ether oxygens (including phenoxy) is 2. The minimum atomic E-state index is 0.692.